The smallest absolute Gasteiger partial charge is 0.258 e. The van der Waals surface area contributed by atoms with E-state index < -0.39 is 0 Å². The summed E-state index contributed by atoms with van der Waals surface area (Å²) in [4.78, 5) is 15.0. The van der Waals surface area contributed by atoms with Crippen molar-refractivity contribution >= 4 is 33.0 Å². The van der Waals surface area contributed by atoms with Gasteiger partial charge in [-0.3, -0.25) is 4.79 Å². The molecule has 1 fully saturated rings. The Balaban J connectivity index is 1.73. The standard InChI is InChI=1S/C19H15BrN4O/c1-12-18(20)17-10-14(8-9-23(17)22-12)19(25)24(16-6-7-16)15-4-2-13(11-21)3-5-15/h2-5,8-10,16H,6-7H2,1H3. The number of aryl methyl sites for hydroxylation is 1. The summed E-state index contributed by atoms with van der Waals surface area (Å²) < 4.78 is 2.66. The highest BCUT2D eigenvalue weighted by Crippen LogP contribution is 2.33. The first-order valence-electron chi connectivity index (χ1n) is 8.06. The molecule has 0 N–H and O–H groups in total. The lowest BCUT2D eigenvalue weighted by Crippen LogP contribution is -2.33. The lowest BCUT2D eigenvalue weighted by molar-refractivity contribution is 0.0985. The Morgan fingerprint density at radius 1 is 1.32 bits per heavy atom. The number of carbonyl (C=O) groups excluding carboxylic acids is 1. The maximum absolute atomic E-state index is 13.2. The summed E-state index contributed by atoms with van der Waals surface area (Å²) in [6.45, 7) is 1.92. The van der Waals surface area contributed by atoms with Gasteiger partial charge < -0.3 is 4.90 Å². The number of fused-ring (bicyclic) bond motifs is 1. The second-order valence-corrected chi connectivity index (χ2v) is 7.00. The third-order valence-electron chi connectivity index (χ3n) is 4.39. The van der Waals surface area contributed by atoms with E-state index in [2.05, 4.69) is 27.1 Å². The minimum Gasteiger partial charge on any atom is -0.305 e. The molecule has 124 valence electrons. The molecular weight excluding hydrogens is 380 g/mol. The molecule has 3 aromatic rings. The van der Waals surface area contributed by atoms with Crippen molar-refractivity contribution in [3.63, 3.8) is 0 Å². The van der Waals surface area contributed by atoms with Crippen molar-refractivity contribution in [3.8, 4) is 6.07 Å². The summed E-state index contributed by atoms with van der Waals surface area (Å²) >= 11 is 3.53. The van der Waals surface area contributed by atoms with Crippen molar-refractivity contribution in [2.75, 3.05) is 4.90 Å². The molecule has 1 amide bonds. The molecule has 1 saturated carbocycles. The molecule has 0 saturated heterocycles. The predicted octanol–water partition coefficient (Wildman–Crippen LogP) is 4.09. The molecule has 0 atom stereocenters. The van der Waals surface area contributed by atoms with Crippen LogP contribution >= 0.6 is 15.9 Å². The third-order valence-corrected chi connectivity index (χ3v) is 5.37. The van der Waals surface area contributed by atoms with Gasteiger partial charge in [-0.25, -0.2) is 4.52 Å². The Morgan fingerprint density at radius 3 is 2.68 bits per heavy atom. The van der Waals surface area contributed by atoms with Crippen LogP contribution in [0.5, 0.6) is 0 Å². The lowest BCUT2D eigenvalue weighted by atomic mass is 10.1. The van der Waals surface area contributed by atoms with Gasteiger partial charge in [0, 0.05) is 23.5 Å². The average Bonchev–Trinajstić information content (AvgIpc) is 3.42. The van der Waals surface area contributed by atoms with Gasteiger partial charge in [0.15, 0.2) is 0 Å². The Bertz CT molecular complexity index is 1010. The summed E-state index contributed by atoms with van der Waals surface area (Å²) in [7, 11) is 0. The Morgan fingerprint density at radius 2 is 2.04 bits per heavy atom. The number of nitrogens with zero attached hydrogens (tertiary/aromatic N) is 4. The summed E-state index contributed by atoms with van der Waals surface area (Å²) in [6.07, 6.45) is 3.82. The first-order chi connectivity index (χ1) is 12.1. The predicted molar refractivity (Wildman–Crippen MR) is 98.6 cm³/mol. The van der Waals surface area contributed by atoms with Crippen LogP contribution in [0.2, 0.25) is 0 Å². The molecule has 1 aliphatic rings. The molecular formula is C19H15BrN4O. The number of amides is 1. The van der Waals surface area contributed by atoms with Crippen LogP contribution in [0.3, 0.4) is 0 Å². The second-order valence-electron chi connectivity index (χ2n) is 6.21. The molecule has 0 radical (unpaired) electrons. The topological polar surface area (TPSA) is 61.4 Å². The van der Waals surface area contributed by atoms with Gasteiger partial charge in [-0.15, -0.1) is 0 Å². The van der Waals surface area contributed by atoms with Crippen LogP contribution in [0.15, 0.2) is 47.1 Å². The summed E-state index contributed by atoms with van der Waals surface area (Å²) in [5, 5.41) is 13.4. The number of pyridine rings is 1. The zero-order valence-corrected chi connectivity index (χ0v) is 15.2. The van der Waals surface area contributed by atoms with Crippen LogP contribution in [0.25, 0.3) is 5.52 Å². The number of hydrogen-bond acceptors (Lipinski definition) is 3. The summed E-state index contributed by atoms with van der Waals surface area (Å²) in [5.74, 6) is -0.0274. The molecule has 0 aliphatic heterocycles. The molecule has 1 aromatic carbocycles. The molecule has 1 aliphatic carbocycles. The number of hydrogen-bond donors (Lipinski definition) is 0. The number of carbonyl (C=O) groups is 1. The van der Waals surface area contributed by atoms with E-state index in [1.807, 2.05) is 36.2 Å². The minimum atomic E-state index is -0.0274. The van der Waals surface area contributed by atoms with E-state index in [0.29, 0.717) is 11.1 Å². The number of halogens is 1. The van der Waals surface area contributed by atoms with Gasteiger partial charge in [0.25, 0.3) is 5.91 Å². The van der Waals surface area contributed by atoms with Gasteiger partial charge in [0.05, 0.1) is 27.3 Å². The maximum atomic E-state index is 13.2. The van der Waals surface area contributed by atoms with Crippen LogP contribution in [0, 0.1) is 18.3 Å². The van der Waals surface area contributed by atoms with Crippen LogP contribution in [0.4, 0.5) is 5.69 Å². The van der Waals surface area contributed by atoms with Crippen LogP contribution < -0.4 is 4.90 Å². The van der Waals surface area contributed by atoms with E-state index >= 15 is 0 Å². The van der Waals surface area contributed by atoms with E-state index in [0.717, 1.165) is 34.2 Å². The molecule has 5 nitrogen and oxygen atoms in total. The van der Waals surface area contributed by atoms with Gasteiger partial charge in [0.1, 0.15) is 0 Å². The van der Waals surface area contributed by atoms with E-state index in [1.165, 1.54) is 0 Å². The Labute approximate surface area is 153 Å². The monoisotopic (exact) mass is 394 g/mol. The highest BCUT2D eigenvalue weighted by molar-refractivity contribution is 9.10. The number of anilines is 1. The van der Waals surface area contributed by atoms with Crippen molar-refractivity contribution in [2.45, 2.75) is 25.8 Å². The quantitative estimate of drug-likeness (QED) is 0.671. The Kier molecular flexibility index (Phi) is 3.81. The van der Waals surface area contributed by atoms with Crippen molar-refractivity contribution in [1.82, 2.24) is 9.61 Å². The van der Waals surface area contributed by atoms with Gasteiger partial charge in [-0.05, 0) is 72.1 Å². The number of benzene rings is 1. The molecule has 0 bridgehead atoms. The van der Waals surface area contributed by atoms with E-state index in [-0.39, 0.29) is 11.9 Å². The second kappa shape index (κ2) is 6.01. The minimum absolute atomic E-state index is 0.0274. The average molecular weight is 395 g/mol. The number of rotatable bonds is 3. The zero-order chi connectivity index (χ0) is 17.6. The maximum Gasteiger partial charge on any atom is 0.258 e. The molecule has 0 unspecified atom stereocenters. The normalized spacial score (nSPS) is 13.6. The fourth-order valence-corrected chi connectivity index (χ4v) is 3.31. The van der Waals surface area contributed by atoms with Gasteiger partial charge in [-0.2, -0.15) is 10.4 Å². The third kappa shape index (κ3) is 2.81. The molecule has 4 rings (SSSR count). The Hall–Kier alpha value is -2.65. The molecule has 0 spiro atoms. The SMILES string of the molecule is Cc1nn2ccc(C(=O)N(c3ccc(C#N)cc3)C3CC3)cc2c1Br. The highest BCUT2D eigenvalue weighted by atomic mass is 79.9. The van der Waals surface area contributed by atoms with E-state index in [1.54, 1.807) is 22.7 Å². The zero-order valence-electron chi connectivity index (χ0n) is 13.6. The van der Waals surface area contributed by atoms with Gasteiger partial charge in [0.2, 0.25) is 0 Å². The first kappa shape index (κ1) is 15.9. The molecule has 6 heteroatoms. The van der Waals surface area contributed by atoms with E-state index in [9.17, 15) is 4.79 Å². The summed E-state index contributed by atoms with van der Waals surface area (Å²) in [6, 6.07) is 13.2. The van der Waals surface area contributed by atoms with Crippen LogP contribution in [0.1, 0.15) is 34.5 Å². The highest BCUT2D eigenvalue weighted by Gasteiger charge is 2.34. The molecule has 2 heterocycles. The van der Waals surface area contributed by atoms with Crippen LogP contribution in [-0.2, 0) is 0 Å². The van der Waals surface area contributed by atoms with E-state index in [4.69, 9.17) is 5.26 Å². The largest absolute Gasteiger partial charge is 0.305 e. The van der Waals surface area contributed by atoms with Crippen molar-refractivity contribution in [1.29, 1.82) is 5.26 Å². The summed E-state index contributed by atoms with van der Waals surface area (Å²) in [5.41, 5.74) is 3.81. The van der Waals surface area contributed by atoms with Crippen molar-refractivity contribution < 1.29 is 4.79 Å². The molecule has 25 heavy (non-hydrogen) atoms. The fourth-order valence-electron chi connectivity index (χ4n) is 2.93. The lowest BCUT2D eigenvalue weighted by Gasteiger charge is -2.23. The van der Waals surface area contributed by atoms with Gasteiger partial charge in [-0.1, -0.05) is 0 Å². The first-order valence-corrected chi connectivity index (χ1v) is 8.86. The number of aromatic nitrogens is 2. The fraction of sp³-hybridized carbons (Fsp3) is 0.211. The molecule has 2 aromatic heterocycles. The van der Waals surface area contributed by atoms with Gasteiger partial charge >= 0.3 is 0 Å². The van der Waals surface area contributed by atoms with Crippen molar-refractivity contribution in [3.05, 3.63) is 63.9 Å². The van der Waals surface area contributed by atoms with Crippen LogP contribution in [-0.4, -0.2) is 21.6 Å². The van der Waals surface area contributed by atoms with Crippen molar-refractivity contribution in [2.24, 2.45) is 0 Å². The number of nitriles is 1.